The maximum Gasteiger partial charge on any atom is 0.0589 e. The highest BCUT2D eigenvalue weighted by Gasteiger charge is 2.28. The van der Waals surface area contributed by atoms with Crippen molar-refractivity contribution in [1.82, 2.24) is 10.2 Å². The highest BCUT2D eigenvalue weighted by Crippen LogP contribution is 2.28. The highest BCUT2D eigenvalue weighted by molar-refractivity contribution is 5.23. The van der Waals surface area contributed by atoms with Crippen molar-refractivity contribution < 1.29 is 4.74 Å². The molecule has 1 aliphatic carbocycles. The molecule has 1 aliphatic rings. The average Bonchev–Trinajstić information content (AvgIpc) is 3.28. The van der Waals surface area contributed by atoms with Crippen LogP contribution in [0.2, 0.25) is 0 Å². The molecule has 0 spiro atoms. The molecule has 1 saturated carbocycles. The standard InChI is InChI=1S/C18H30N2O/c1-15(2)12-19-13-16-5-4-6-17(11-16)14-20(9-10-21-3)18-7-8-18/h4-6,11,15,18-19H,7-10,12-14H2,1-3H3. The van der Waals surface area contributed by atoms with Crippen LogP contribution in [0.5, 0.6) is 0 Å². The van der Waals surface area contributed by atoms with Gasteiger partial charge in [-0.25, -0.2) is 0 Å². The smallest absolute Gasteiger partial charge is 0.0589 e. The summed E-state index contributed by atoms with van der Waals surface area (Å²) >= 11 is 0. The lowest BCUT2D eigenvalue weighted by atomic mass is 10.1. The second-order valence-electron chi connectivity index (χ2n) is 6.54. The zero-order chi connectivity index (χ0) is 15.1. The third kappa shape index (κ3) is 6.16. The van der Waals surface area contributed by atoms with Crippen LogP contribution in [-0.4, -0.2) is 37.7 Å². The Morgan fingerprint density at radius 2 is 2.05 bits per heavy atom. The van der Waals surface area contributed by atoms with Gasteiger partial charge in [-0.2, -0.15) is 0 Å². The summed E-state index contributed by atoms with van der Waals surface area (Å²) in [5, 5.41) is 3.52. The van der Waals surface area contributed by atoms with Crippen LogP contribution in [0.3, 0.4) is 0 Å². The molecule has 1 fully saturated rings. The Morgan fingerprint density at radius 3 is 2.71 bits per heavy atom. The van der Waals surface area contributed by atoms with Crippen LogP contribution in [0.4, 0.5) is 0 Å². The molecule has 3 heteroatoms. The van der Waals surface area contributed by atoms with Crippen molar-refractivity contribution in [2.24, 2.45) is 5.92 Å². The topological polar surface area (TPSA) is 24.5 Å². The molecule has 0 aliphatic heterocycles. The molecule has 0 aromatic heterocycles. The minimum absolute atomic E-state index is 0.701. The molecular weight excluding hydrogens is 260 g/mol. The normalized spacial score (nSPS) is 15.1. The number of methoxy groups -OCH3 is 1. The third-order valence-corrected chi connectivity index (χ3v) is 3.90. The van der Waals surface area contributed by atoms with E-state index >= 15 is 0 Å². The highest BCUT2D eigenvalue weighted by atomic mass is 16.5. The van der Waals surface area contributed by atoms with E-state index in [4.69, 9.17) is 4.74 Å². The van der Waals surface area contributed by atoms with Crippen molar-refractivity contribution in [2.45, 2.75) is 45.8 Å². The summed E-state index contributed by atoms with van der Waals surface area (Å²) in [6.07, 6.45) is 2.69. The summed E-state index contributed by atoms with van der Waals surface area (Å²) in [6.45, 7) is 9.44. The predicted molar refractivity (Wildman–Crippen MR) is 88.3 cm³/mol. The number of rotatable bonds is 10. The maximum absolute atomic E-state index is 5.24. The molecule has 2 rings (SSSR count). The Labute approximate surface area is 129 Å². The molecule has 1 aromatic carbocycles. The molecule has 0 unspecified atom stereocenters. The summed E-state index contributed by atoms with van der Waals surface area (Å²) in [4.78, 5) is 2.56. The Bertz CT molecular complexity index is 415. The van der Waals surface area contributed by atoms with Crippen molar-refractivity contribution >= 4 is 0 Å². The largest absolute Gasteiger partial charge is 0.383 e. The van der Waals surface area contributed by atoms with Gasteiger partial charge in [-0.1, -0.05) is 38.1 Å². The van der Waals surface area contributed by atoms with Crippen LogP contribution in [0, 0.1) is 5.92 Å². The van der Waals surface area contributed by atoms with E-state index in [2.05, 4.69) is 48.3 Å². The van der Waals surface area contributed by atoms with Gasteiger partial charge in [0.1, 0.15) is 0 Å². The van der Waals surface area contributed by atoms with E-state index in [-0.39, 0.29) is 0 Å². The van der Waals surface area contributed by atoms with Crippen LogP contribution < -0.4 is 5.32 Å². The van der Waals surface area contributed by atoms with E-state index in [9.17, 15) is 0 Å². The van der Waals surface area contributed by atoms with E-state index in [1.165, 1.54) is 24.0 Å². The quantitative estimate of drug-likeness (QED) is 0.717. The number of nitrogens with one attached hydrogen (secondary N) is 1. The van der Waals surface area contributed by atoms with Crippen LogP contribution >= 0.6 is 0 Å². The van der Waals surface area contributed by atoms with Gasteiger partial charge >= 0.3 is 0 Å². The van der Waals surface area contributed by atoms with Crippen LogP contribution in [0.15, 0.2) is 24.3 Å². The fourth-order valence-electron chi connectivity index (χ4n) is 2.62. The van der Waals surface area contributed by atoms with Crippen molar-refractivity contribution in [3.63, 3.8) is 0 Å². The maximum atomic E-state index is 5.24. The zero-order valence-electron chi connectivity index (χ0n) is 13.8. The predicted octanol–water partition coefficient (Wildman–Crippen LogP) is 3.04. The summed E-state index contributed by atoms with van der Waals surface area (Å²) in [5.74, 6) is 0.701. The first-order chi connectivity index (χ1) is 10.2. The molecule has 1 aromatic rings. The van der Waals surface area contributed by atoms with Gasteiger partial charge in [-0.15, -0.1) is 0 Å². The van der Waals surface area contributed by atoms with Gasteiger partial charge in [0.05, 0.1) is 6.61 Å². The molecular formula is C18H30N2O. The Kier molecular flexibility index (Phi) is 6.68. The molecule has 0 bridgehead atoms. The monoisotopic (exact) mass is 290 g/mol. The van der Waals surface area contributed by atoms with Gasteiger partial charge in [-0.05, 0) is 36.4 Å². The summed E-state index contributed by atoms with van der Waals surface area (Å²) in [7, 11) is 1.78. The molecule has 0 radical (unpaired) electrons. The minimum atomic E-state index is 0.701. The lowest BCUT2D eigenvalue weighted by Crippen LogP contribution is -2.29. The molecule has 0 heterocycles. The molecule has 118 valence electrons. The molecule has 0 saturated heterocycles. The molecule has 1 N–H and O–H groups in total. The second kappa shape index (κ2) is 8.52. The van der Waals surface area contributed by atoms with Crippen molar-refractivity contribution in [3.8, 4) is 0 Å². The van der Waals surface area contributed by atoms with E-state index in [1.54, 1.807) is 7.11 Å². The van der Waals surface area contributed by atoms with Gasteiger partial charge in [0.15, 0.2) is 0 Å². The average molecular weight is 290 g/mol. The van der Waals surface area contributed by atoms with Gasteiger partial charge in [0.25, 0.3) is 0 Å². The Hall–Kier alpha value is -0.900. The molecule has 3 nitrogen and oxygen atoms in total. The van der Waals surface area contributed by atoms with E-state index in [0.717, 1.165) is 38.8 Å². The van der Waals surface area contributed by atoms with Crippen LogP contribution in [0.1, 0.15) is 37.8 Å². The first-order valence-corrected chi connectivity index (χ1v) is 8.20. The van der Waals surface area contributed by atoms with E-state index in [1.807, 2.05) is 0 Å². The Balaban J connectivity index is 1.86. The fraction of sp³-hybridized carbons (Fsp3) is 0.667. The van der Waals surface area contributed by atoms with Gasteiger partial charge < -0.3 is 10.1 Å². The summed E-state index contributed by atoms with van der Waals surface area (Å²) in [5.41, 5.74) is 2.80. The number of nitrogens with zero attached hydrogens (tertiary/aromatic N) is 1. The zero-order valence-corrected chi connectivity index (χ0v) is 13.8. The van der Waals surface area contributed by atoms with E-state index < -0.39 is 0 Å². The number of ether oxygens (including phenoxy) is 1. The van der Waals surface area contributed by atoms with Crippen LogP contribution in [0.25, 0.3) is 0 Å². The summed E-state index contributed by atoms with van der Waals surface area (Å²) in [6, 6.07) is 9.77. The van der Waals surface area contributed by atoms with Crippen molar-refractivity contribution in [3.05, 3.63) is 35.4 Å². The molecule has 0 amide bonds. The Morgan fingerprint density at radius 1 is 1.29 bits per heavy atom. The van der Waals surface area contributed by atoms with Gasteiger partial charge in [0.2, 0.25) is 0 Å². The first-order valence-electron chi connectivity index (χ1n) is 8.20. The molecule has 21 heavy (non-hydrogen) atoms. The second-order valence-corrected chi connectivity index (χ2v) is 6.54. The third-order valence-electron chi connectivity index (χ3n) is 3.90. The number of hydrogen-bond acceptors (Lipinski definition) is 3. The van der Waals surface area contributed by atoms with Crippen molar-refractivity contribution in [2.75, 3.05) is 26.8 Å². The van der Waals surface area contributed by atoms with Gasteiger partial charge in [0, 0.05) is 32.8 Å². The van der Waals surface area contributed by atoms with E-state index in [0.29, 0.717) is 5.92 Å². The lowest BCUT2D eigenvalue weighted by Gasteiger charge is -2.22. The fourth-order valence-corrected chi connectivity index (χ4v) is 2.62. The first kappa shape index (κ1) is 16.5. The number of benzene rings is 1. The van der Waals surface area contributed by atoms with Crippen molar-refractivity contribution in [1.29, 1.82) is 0 Å². The molecule has 0 atom stereocenters. The lowest BCUT2D eigenvalue weighted by molar-refractivity contribution is 0.139. The van der Waals surface area contributed by atoms with Gasteiger partial charge in [-0.3, -0.25) is 4.90 Å². The SMILES string of the molecule is COCCN(Cc1cccc(CNCC(C)C)c1)C1CC1. The minimum Gasteiger partial charge on any atom is -0.383 e. The number of hydrogen-bond donors (Lipinski definition) is 1. The summed E-state index contributed by atoms with van der Waals surface area (Å²) < 4.78 is 5.24. The van der Waals surface area contributed by atoms with Crippen LogP contribution in [-0.2, 0) is 17.8 Å².